The highest BCUT2D eigenvalue weighted by molar-refractivity contribution is 6.09. The minimum atomic E-state index is 0.762. The van der Waals surface area contributed by atoms with Crippen molar-refractivity contribution < 1.29 is 4.74 Å². The molecule has 5 heterocycles. The van der Waals surface area contributed by atoms with Crippen molar-refractivity contribution in [2.45, 2.75) is 20.8 Å². The Kier molecular flexibility index (Phi) is 4.71. The number of aryl methyl sites for hydroxylation is 3. The van der Waals surface area contributed by atoms with E-state index in [0.717, 1.165) is 44.0 Å². The number of quaternary nitrogens is 2. The molecule has 1 fully saturated rings. The van der Waals surface area contributed by atoms with E-state index in [4.69, 9.17) is 4.74 Å². The molecule has 196 valence electrons. The van der Waals surface area contributed by atoms with Crippen molar-refractivity contribution >= 4 is 38.9 Å². The first-order valence-corrected chi connectivity index (χ1v) is 13.8. The van der Waals surface area contributed by atoms with Crippen LogP contribution in [-0.2, 0) is 0 Å². The second kappa shape index (κ2) is 8.04. The summed E-state index contributed by atoms with van der Waals surface area (Å²) in [6.07, 6.45) is 1.84. The molecule has 5 heteroatoms. The molecule has 6 aromatic rings. The van der Waals surface area contributed by atoms with E-state index in [0.29, 0.717) is 0 Å². The minimum absolute atomic E-state index is 0.762. The third-order valence-corrected chi connectivity index (χ3v) is 8.80. The molecule has 0 radical (unpaired) electrons. The van der Waals surface area contributed by atoms with Gasteiger partial charge in [-0.2, -0.15) is 0 Å². The van der Waals surface area contributed by atoms with Gasteiger partial charge in [0, 0.05) is 47.3 Å². The van der Waals surface area contributed by atoms with Gasteiger partial charge in [0.2, 0.25) is 0 Å². The summed E-state index contributed by atoms with van der Waals surface area (Å²) in [6, 6.07) is 32.3. The molecule has 0 amide bonds. The van der Waals surface area contributed by atoms with Crippen molar-refractivity contribution in [2.24, 2.45) is 0 Å². The zero-order valence-corrected chi connectivity index (χ0v) is 23.2. The van der Waals surface area contributed by atoms with E-state index < -0.39 is 0 Å². The van der Waals surface area contributed by atoms with Gasteiger partial charge >= 0.3 is 0 Å². The molecule has 9 rings (SSSR count). The van der Waals surface area contributed by atoms with Crippen molar-refractivity contribution in [2.75, 3.05) is 13.7 Å². The van der Waals surface area contributed by atoms with Crippen LogP contribution in [-0.4, -0.2) is 23.3 Å². The lowest BCUT2D eigenvalue weighted by Gasteiger charge is -2.54. The molecule has 0 spiro atoms. The van der Waals surface area contributed by atoms with Crippen LogP contribution in [0, 0.1) is 27.4 Å². The summed E-state index contributed by atoms with van der Waals surface area (Å²) in [4.78, 5) is 4.67. The van der Waals surface area contributed by atoms with Crippen LogP contribution >= 0.6 is 0 Å². The molecule has 3 aliphatic rings. The number of para-hydroxylation sites is 1. The molecule has 2 atom stereocenters. The molecule has 2 bridgehead atoms. The van der Waals surface area contributed by atoms with Crippen molar-refractivity contribution in [1.82, 2.24) is 18.5 Å². The van der Waals surface area contributed by atoms with Gasteiger partial charge in [0.25, 0.3) is 0 Å². The molecule has 4 aromatic carbocycles. The second-order valence-corrected chi connectivity index (χ2v) is 11.6. The number of hydrogen-bond acceptors (Lipinski definition) is 2. The van der Waals surface area contributed by atoms with Crippen LogP contribution in [0.3, 0.4) is 0 Å². The summed E-state index contributed by atoms with van der Waals surface area (Å²) >= 11 is 0. The summed E-state index contributed by atoms with van der Waals surface area (Å²) in [5, 5.41) is 2.39. The average Bonchev–Trinajstić information content (AvgIpc) is 3.47. The first-order chi connectivity index (χ1) is 19.3. The fourth-order valence-electron chi connectivity index (χ4n) is 6.85. The lowest BCUT2D eigenvalue weighted by molar-refractivity contribution is 0.157. The van der Waals surface area contributed by atoms with Gasteiger partial charge in [0.05, 0.1) is 24.7 Å². The third kappa shape index (κ3) is 3.19. The normalized spacial score (nSPS) is 21.0. The van der Waals surface area contributed by atoms with Gasteiger partial charge in [-0.15, -0.1) is 0 Å². The Hall–Kier alpha value is -4.45. The van der Waals surface area contributed by atoms with E-state index >= 15 is 0 Å². The van der Waals surface area contributed by atoms with Gasteiger partial charge in [0.15, 0.2) is 18.0 Å². The van der Waals surface area contributed by atoms with Gasteiger partial charge in [-0.05, 0) is 73.9 Å². The van der Waals surface area contributed by atoms with E-state index in [1.54, 1.807) is 0 Å². The fourth-order valence-corrected chi connectivity index (χ4v) is 6.85. The molecule has 5 nitrogen and oxygen atoms in total. The summed E-state index contributed by atoms with van der Waals surface area (Å²) in [5.41, 5.74) is 10.1. The molecule has 0 aliphatic carbocycles. The Balaban J connectivity index is 1.22. The van der Waals surface area contributed by atoms with Gasteiger partial charge in [-0.25, -0.2) is 4.98 Å². The minimum Gasteiger partial charge on any atom is -0.457 e. The third-order valence-electron chi connectivity index (χ3n) is 8.80. The molecule has 0 unspecified atom stereocenters. The molecule has 40 heavy (non-hydrogen) atoms. The Morgan fingerprint density at radius 2 is 1.50 bits per heavy atom. The predicted octanol–water partition coefficient (Wildman–Crippen LogP) is 8.58. The smallest absolute Gasteiger partial charge is 0.181 e. The Morgan fingerprint density at radius 1 is 0.750 bits per heavy atom. The molecule has 1 saturated heterocycles. The van der Waals surface area contributed by atoms with Crippen molar-refractivity contribution in [3.8, 4) is 17.3 Å². The van der Waals surface area contributed by atoms with Crippen LogP contribution in [0.4, 0.5) is 17.1 Å². The number of fused-ring (bicyclic) bond motifs is 3. The highest BCUT2D eigenvalue weighted by Gasteiger charge is 2.59. The first kappa shape index (κ1) is 23.4. The van der Waals surface area contributed by atoms with Crippen LogP contribution < -0.4 is 13.7 Å². The second-order valence-electron chi connectivity index (χ2n) is 11.6. The largest absolute Gasteiger partial charge is 0.457 e. The topological polar surface area (TPSA) is 27.1 Å². The van der Waals surface area contributed by atoms with Crippen LogP contribution in [0.5, 0.6) is 11.5 Å². The summed E-state index contributed by atoms with van der Waals surface area (Å²) < 4.78 is 10.5. The SMILES string of the molecule is Cc1cc(Oc2ccc3c4ccccc4n(-c4ccccn4)c3c2)cc([N@@+]23[CH-][N@@+](C)(C2)c2cc(C)c(C)cc23)c1. The van der Waals surface area contributed by atoms with E-state index in [9.17, 15) is 0 Å². The maximum absolute atomic E-state index is 6.61. The maximum Gasteiger partial charge on any atom is 0.181 e. The number of hydrogen-bond donors (Lipinski definition) is 0. The fraction of sp³-hybridized carbons (Fsp3) is 0.143. The summed E-state index contributed by atoms with van der Waals surface area (Å²) in [6.45, 7) is 10.0. The van der Waals surface area contributed by atoms with E-state index in [-0.39, 0.29) is 0 Å². The van der Waals surface area contributed by atoms with Crippen molar-refractivity contribution in [3.05, 3.63) is 121 Å². The quantitative estimate of drug-likeness (QED) is 0.171. The maximum atomic E-state index is 6.61. The zero-order chi connectivity index (χ0) is 27.2. The highest BCUT2D eigenvalue weighted by Crippen LogP contribution is 2.61. The van der Waals surface area contributed by atoms with E-state index in [1.807, 2.05) is 24.4 Å². The number of rotatable bonds is 4. The van der Waals surface area contributed by atoms with Crippen LogP contribution in [0.1, 0.15) is 16.7 Å². The lowest BCUT2D eigenvalue weighted by Crippen LogP contribution is -2.68. The van der Waals surface area contributed by atoms with Gasteiger partial charge < -0.3 is 9.22 Å². The Bertz CT molecular complexity index is 1980. The first-order valence-electron chi connectivity index (χ1n) is 13.8. The molecule has 2 aromatic heterocycles. The summed E-state index contributed by atoms with van der Waals surface area (Å²) in [5.74, 6) is 2.56. The van der Waals surface area contributed by atoms with Crippen LogP contribution in [0.15, 0.2) is 97.2 Å². The molecule has 0 N–H and O–H groups in total. The standard InChI is InChI=1S/C35H31N4O/c1-23-15-26(39-21-38(4,22-39)33-17-24(2)25(3)18-34(33)39)19-28(16-23)40-27-12-13-30-29-9-5-6-10-31(29)37(32(30)20-27)35-11-7-8-14-36-35/h5-21H,22H2,1-4H3/q+1/t38-,39+/m0/s1. The number of pyridine rings is 1. The number of ether oxygens (including phenoxy) is 1. The van der Waals surface area contributed by atoms with E-state index in [1.165, 1.54) is 44.5 Å². The van der Waals surface area contributed by atoms with Gasteiger partial charge in [-0.3, -0.25) is 9.05 Å². The number of aromatic nitrogens is 2. The molecular formula is C35H31N4O+. The monoisotopic (exact) mass is 523 g/mol. The van der Waals surface area contributed by atoms with Gasteiger partial charge in [0.1, 0.15) is 23.0 Å². The average molecular weight is 524 g/mol. The predicted molar refractivity (Wildman–Crippen MR) is 164 cm³/mol. The zero-order valence-electron chi connectivity index (χ0n) is 23.2. The molecular weight excluding hydrogens is 492 g/mol. The van der Waals surface area contributed by atoms with Crippen LogP contribution in [0.25, 0.3) is 27.6 Å². The number of benzene rings is 4. The van der Waals surface area contributed by atoms with E-state index in [2.05, 4.69) is 117 Å². The summed E-state index contributed by atoms with van der Waals surface area (Å²) in [7, 11) is 2.31. The molecule has 0 saturated carbocycles. The Labute approximate surface area is 234 Å². The molecule has 3 aliphatic heterocycles. The number of nitrogens with zero attached hydrogens (tertiary/aromatic N) is 4. The Morgan fingerprint density at radius 3 is 2.30 bits per heavy atom. The van der Waals surface area contributed by atoms with Gasteiger partial charge in [-0.1, -0.05) is 24.3 Å². The van der Waals surface area contributed by atoms with Crippen molar-refractivity contribution in [3.63, 3.8) is 0 Å². The van der Waals surface area contributed by atoms with Crippen LogP contribution in [0.2, 0.25) is 0 Å². The van der Waals surface area contributed by atoms with Crippen molar-refractivity contribution in [1.29, 1.82) is 0 Å². The highest BCUT2D eigenvalue weighted by atomic mass is 16.5. The lowest BCUT2D eigenvalue weighted by atomic mass is 10.1.